The molecule has 0 heterocycles. The molecule has 0 bridgehead atoms. The van der Waals surface area contributed by atoms with Crippen LogP contribution in [0.4, 0.5) is 13.2 Å². The quantitative estimate of drug-likeness (QED) is 0.730. The first kappa shape index (κ1) is 15.3. The van der Waals surface area contributed by atoms with E-state index in [4.69, 9.17) is 10.8 Å². The van der Waals surface area contributed by atoms with Gasteiger partial charge in [-0.3, -0.25) is 4.79 Å². The van der Waals surface area contributed by atoms with Gasteiger partial charge in [-0.05, 0) is 25.5 Å². The number of carbonyl (C=O) groups is 1. The zero-order chi connectivity index (χ0) is 14.7. The van der Waals surface area contributed by atoms with Gasteiger partial charge in [0.05, 0.1) is 5.56 Å². The molecule has 0 aromatic heterocycles. The number of amides is 1. The Hall–Kier alpha value is -1.76. The van der Waals surface area contributed by atoms with E-state index in [-0.39, 0.29) is 12.0 Å². The van der Waals surface area contributed by atoms with Crippen molar-refractivity contribution in [3.8, 4) is 5.75 Å². The molecule has 19 heavy (non-hydrogen) atoms. The summed E-state index contributed by atoms with van der Waals surface area (Å²) in [6.45, 7) is 3.71. The zero-order valence-electron chi connectivity index (χ0n) is 10.5. The van der Waals surface area contributed by atoms with Crippen molar-refractivity contribution in [3.63, 3.8) is 0 Å². The molecule has 0 aliphatic carbocycles. The van der Waals surface area contributed by atoms with Crippen molar-refractivity contribution in [1.29, 1.82) is 0 Å². The summed E-state index contributed by atoms with van der Waals surface area (Å²) in [7, 11) is 0. The number of phenolic OH excluding ortho intramolecular Hbond substituents is 1. The van der Waals surface area contributed by atoms with Crippen molar-refractivity contribution < 1.29 is 23.1 Å². The van der Waals surface area contributed by atoms with E-state index >= 15 is 0 Å². The van der Waals surface area contributed by atoms with Crippen molar-refractivity contribution in [1.82, 2.24) is 5.32 Å². The van der Waals surface area contributed by atoms with Crippen LogP contribution in [0.25, 0.3) is 0 Å². The normalized spacial score (nSPS) is 14.0. The van der Waals surface area contributed by atoms with Gasteiger partial charge >= 0.3 is 0 Å². The van der Waals surface area contributed by atoms with Crippen LogP contribution in [0.15, 0.2) is 6.07 Å². The summed E-state index contributed by atoms with van der Waals surface area (Å²) < 4.78 is 39.4. The van der Waals surface area contributed by atoms with E-state index in [1.54, 1.807) is 13.8 Å². The molecule has 0 saturated heterocycles. The molecule has 7 heteroatoms. The number of hydrogen-bond donors (Lipinski definition) is 3. The van der Waals surface area contributed by atoms with Crippen LogP contribution in [0.3, 0.4) is 0 Å². The molecule has 0 aliphatic rings. The Morgan fingerprint density at radius 3 is 2.47 bits per heavy atom. The highest BCUT2D eigenvalue weighted by Crippen LogP contribution is 2.25. The van der Waals surface area contributed by atoms with Gasteiger partial charge < -0.3 is 16.2 Å². The van der Waals surface area contributed by atoms with E-state index in [0.29, 0.717) is 12.6 Å². The van der Waals surface area contributed by atoms with Crippen LogP contribution >= 0.6 is 0 Å². The van der Waals surface area contributed by atoms with Crippen LogP contribution < -0.4 is 11.1 Å². The minimum absolute atomic E-state index is 0.0779. The summed E-state index contributed by atoms with van der Waals surface area (Å²) in [5.41, 5.74) is 4.65. The highest BCUT2D eigenvalue weighted by Gasteiger charge is 2.24. The topological polar surface area (TPSA) is 75.3 Å². The van der Waals surface area contributed by atoms with Gasteiger partial charge in [0.15, 0.2) is 17.4 Å². The summed E-state index contributed by atoms with van der Waals surface area (Å²) in [5, 5.41) is 11.4. The summed E-state index contributed by atoms with van der Waals surface area (Å²) >= 11 is 0. The van der Waals surface area contributed by atoms with Gasteiger partial charge in [0.1, 0.15) is 0 Å². The van der Waals surface area contributed by atoms with E-state index in [2.05, 4.69) is 5.32 Å². The Labute approximate surface area is 108 Å². The molecule has 0 radical (unpaired) electrons. The first-order valence-corrected chi connectivity index (χ1v) is 5.67. The molecule has 106 valence electrons. The number of nitrogens with two attached hydrogens (primary N) is 1. The Kier molecular flexibility index (Phi) is 4.77. The fourth-order valence-electron chi connectivity index (χ4n) is 1.39. The minimum Gasteiger partial charge on any atom is -0.503 e. The number of hydrogen-bond acceptors (Lipinski definition) is 3. The molecule has 0 spiro atoms. The van der Waals surface area contributed by atoms with Crippen LogP contribution in [0.1, 0.15) is 24.2 Å². The summed E-state index contributed by atoms with van der Waals surface area (Å²) in [6, 6.07) is 0.0201. The second-order valence-corrected chi connectivity index (χ2v) is 4.36. The largest absolute Gasteiger partial charge is 0.503 e. The van der Waals surface area contributed by atoms with Crippen LogP contribution in [-0.4, -0.2) is 23.6 Å². The summed E-state index contributed by atoms with van der Waals surface area (Å²) in [6.07, 6.45) is 0. The van der Waals surface area contributed by atoms with Gasteiger partial charge in [-0.2, -0.15) is 4.39 Å². The number of nitrogens with one attached hydrogen (secondary N) is 1. The lowest BCUT2D eigenvalue weighted by Crippen LogP contribution is -2.40. The average molecular weight is 276 g/mol. The fraction of sp³-hybridized carbons (Fsp3) is 0.417. The average Bonchev–Trinajstić information content (AvgIpc) is 2.39. The van der Waals surface area contributed by atoms with Gasteiger partial charge in [-0.1, -0.05) is 6.92 Å². The van der Waals surface area contributed by atoms with Crippen molar-refractivity contribution in [3.05, 3.63) is 29.1 Å². The maximum Gasteiger partial charge on any atom is 0.254 e. The third kappa shape index (κ3) is 3.17. The summed E-state index contributed by atoms with van der Waals surface area (Å²) in [5.74, 6) is -7.25. The third-order valence-electron chi connectivity index (χ3n) is 2.96. The monoisotopic (exact) mass is 276 g/mol. The second kappa shape index (κ2) is 5.92. The molecule has 1 amide bonds. The Morgan fingerprint density at radius 1 is 1.37 bits per heavy atom. The van der Waals surface area contributed by atoms with Crippen LogP contribution in [-0.2, 0) is 0 Å². The molecule has 4 N–H and O–H groups in total. The molecule has 1 aromatic rings. The predicted molar refractivity (Wildman–Crippen MR) is 63.1 cm³/mol. The number of aromatic hydroxyl groups is 1. The molecule has 2 unspecified atom stereocenters. The fourth-order valence-corrected chi connectivity index (χ4v) is 1.39. The van der Waals surface area contributed by atoms with Gasteiger partial charge in [0.2, 0.25) is 5.82 Å². The van der Waals surface area contributed by atoms with Gasteiger partial charge in [0.25, 0.3) is 5.91 Å². The minimum atomic E-state index is -1.72. The van der Waals surface area contributed by atoms with Crippen molar-refractivity contribution in [2.75, 3.05) is 6.54 Å². The molecule has 1 rings (SSSR count). The van der Waals surface area contributed by atoms with Gasteiger partial charge in [0, 0.05) is 6.04 Å². The van der Waals surface area contributed by atoms with Crippen molar-refractivity contribution >= 4 is 5.91 Å². The smallest absolute Gasteiger partial charge is 0.254 e. The van der Waals surface area contributed by atoms with Crippen molar-refractivity contribution in [2.24, 2.45) is 11.7 Å². The van der Waals surface area contributed by atoms with E-state index in [1.165, 1.54) is 0 Å². The standard InChI is InChI=1S/C12H15F3N2O2/c1-5(4-16)6(2)17-12(19)7-3-8(13)10(15)11(18)9(7)14/h3,5-6,18H,4,16H2,1-2H3,(H,17,19). The predicted octanol–water partition coefficient (Wildman–Crippen LogP) is 1.52. The van der Waals surface area contributed by atoms with Gasteiger partial charge in [-0.25, -0.2) is 8.78 Å². The molecular weight excluding hydrogens is 261 g/mol. The zero-order valence-corrected chi connectivity index (χ0v) is 10.5. The number of benzene rings is 1. The maximum absolute atomic E-state index is 13.5. The summed E-state index contributed by atoms with van der Waals surface area (Å²) in [4.78, 5) is 11.7. The Morgan fingerprint density at radius 2 is 1.95 bits per heavy atom. The highest BCUT2D eigenvalue weighted by atomic mass is 19.2. The molecule has 0 aliphatic heterocycles. The first-order chi connectivity index (χ1) is 8.79. The molecule has 0 saturated carbocycles. The first-order valence-electron chi connectivity index (χ1n) is 5.67. The van der Waals surface area contributed by atoms with Crippen LogP contribution in [0.2, 0.25) is 0 Å². The number of carbonyl (C=O) groups excluding carboxylic acids is 1. The molecule has 0 fully saturated rings. The van der Waals surface area contributed by atoms with Crippen LogP contribution in [0, 0.1) is 23.4 Å². The number of halogens is 3. The lowest BCUT2D eigenvalue weighted by atomic mass is 10.0. The second-order valence-electron chi connectivity index (χ2n) is 4.36. The maximum atomic E-state index is 13.5. The van der Waals surface area contributed by atoms with E-state index in [0.717, 1.165) is 0 Å². The third-order valence-corrected chi connectivity index (χ3v) is 2.96. The molecule has 2 atom stereocenters. The van der Waals surface area contributed by atoms with E-state index in [9.17, 15) is 18.0 Å². The Balaban J connectivity index is 3.01. The molecule has 1 aromatic carbocycles. The molecular formula is C12H15F3N2O2. The van der Waals surface area contributed by atoms with E-state index in [1.807, 2.05) is 0 Å². The van der Waals surface area contributed by atoms with Crippen molar-refractivity contribution in [2.45, 2.75) is 19.9 Å². The molecule has 4 nitrogen and oxygen atoms in total. The van der Waals surface area contributed by atoms with Gasteiger partial charge in [-0.15, -0.1) is 0 Å². The highest BCUT2D eigenvalue weighted by molar-refractivity contribution is 5.95. The van der Waals surface area contributed by atoms with E-state index < -0.39 is 34.7 Å². The lowest BCUT2D eigenvalue weighted by molar-refractivity contribution is 0.0923. The Bertz CT molecular complexity index is 494. The lowest BCUT2D eigenvalue weighted by Gasteiger charge is -2.20. The number of rotatable bonds is 4. The van der Waals surface area contributed by atoms with Crippen LogP contribution in [0.5, 0.6) is 5.75 Å². The number of phenols is 1. The SMILES string of the molecule is CC(CN)C(C)NC(=O)c1cc(F)c(F)c(O)c1F.